The van der Waals surface area contributed by atoms with Gasteiger partial charge in [0.25, 0.3) is 0 Å². The van der Waals surface area contributed by atoms with Crippen molar-refractivity contribution in [2.45, 2.75) is 77.8 Å². The third kappa shape index (κ3) is 4.19. The Labute approximate surface area is 120 Å². The van der Waals surface area contributed by atoms with Gasteiger partial charge in [-0.3, -0.25) is 4.90 Å². The van der Waals surface area contributed by atoms with Crippen LogP contribution in [0.25, 0.3) is 0 Å². The van der Waals surface area contributed by atoms with Gasteiger partial charge in [-0.05, 0) is 57.0 Å². The van der Waals surface area contributed by atoms with Crippen LogP contribution in [0, 0.1) is 11.8 Å². The van der Waals surface area contributed by atoms with Crippen molar-refractivity contribution >= 4 is 0 Å². The number of nitrogens with zero attached hydrogens (tertiary/aromatic N) is 1. The number of rotatable bonds is 5. The summed E-state index contributed by atoms with van der Waals surface area (Å²) in [7, 11) is 0. The summed E-state index contributed by atoms with van der Waals surface area (Å²) in [6.45, 7) is 10.9. The summed E-state index contributed by atoms with van der Waals surface area (Å²) < 4.78 is 0. The van der Waals surface area contributed by atoms with Crippen molar-refractivity contribution in [2.75, 3.05) is 19.6 Å². The molecule has 1 aliphatic carbocycles. The molecule has 0 radical (unpaired) electrons. The minimum absolute atomic E-state index is 0.820. The van der Waals surface area contributed by atoms with Crippen LogP contribution in [0.5, 0.6) is 0 Å². The van der Waals surface area contributed by atoms with Crippen LogP contribution >= 0.6 is 0 Å². The second-order valence-electron chi connectivity index (χ2n) is 7.05. The molecule has 1 saturated carbocycles. The molecular weight excluding hydrogens is 232 g/mol. The standard InChI is InChI=1S/C17H34N2/c1-4-12-19(17-10-11-18-13-17)16-7-5-6-15(8-9-16)14(2)3/h14-18H,4-13H2,1-3H3. The normalized spacial score (nSPS) is 33.0. The SMILES string of the molecule is CCCN(C1CCCC(C(C)C)CC1)C1CCNC1. The lowest BCUT2D eigenvalue weighted by Crippen LogP contribution is -2.44. The highest BCUT2D eigenvalue weighted by Crippen LogP contribution is 2.32. The van der Waals surface area contributed by atoms with Crippen LogP contribution in [0.15, 0.2) is 0 Å². The fraction of sp³-hybridized carbons (Fsp3) is 1.00. The van der Waals surface area contributed by atoms with Gasteiger partial charge in [-0.25, -0.2) is 0 Å². The minimum atomic E-state index is 0.820. The van der Waals surface area contributed by atoms with Crippen LogP contribution in [-0.2, 0) is 0 Å². The Morgan fingerprint density at radius 1 is 1.05 bits per heavy atom. The predicted octanol–water partition coefficient (Wildman–Crippen LogP) is 3.67. The molecule has 1 saturated heterocycles. The molecule has 3 unspecified atom stereocenters. The van der Waals surface area contributed by atoms with E-state index < -0.39 is 0 Å². The third-order valence-corrected chi connectivity index (χ3v) is 5.38. The van der Waals surface area contributed by atoms with E-state index in [1.807, 2.05) is 0 Å². The van der Waals surface area contributed by atoms with Crippen LogP contribution in [0.1, 0.15) is 65.7 Å². The van der Waals surface area contributed by atoms with Gasteiger partial charge in [0.15, 0.2) is 0 Å². The average Bonchev–Trinajstić information content (AvgIpc) is 2.80. The first-order valence-electron chi connectivity index (χ1n) is 8.68. The Morgan fingerprint density at radius 3 is 2.53 bits per heavy atom. The molecule has 1 aliphatic heterocycles. The Hall–Kier alpha value is -0.0800. The van der Waals surface area contributed by atoms with Crippen LogP contribution in [0.3, 0.4) is 0 Å². The van der Waals surface area contributed by atoms with Gasteiger partial charge in [0.2, 0.25) is 0 Å². The lowest BCUT2D eigenvalue weighted by Gasteiger charge is -2.36. The first-order valence-corrected chi connectivity index (χ1v) is 8.68. The van der Waals surface area contributed by atoms with E-state index in [9.17, 15) is 0 Å². The Balaban J connectivity index is 1.93. The van der Waals surface area contributed by atoms with E-state index in [-0.39, 0.29) is 0 Å². The monoisotopic (exact) mass is 266 g/mol. The summed E-state index contributed by atoms with van der Waals surface area (Å²) in [5.41, 5.74) is 0. The summed E-state index contributed by atoms with van der Waals surface area (Å²) >= 11 is 0. The maximum atomic E-state index is 3.55. The van der Waals surface area contributed by atoms with Gasteiger partial charge in [0.05, 0.1) is 0 Å². The first-order chi connectivity index (χ1) is 9.22. The lowest BCUT2D eigenvalue weighted by atomic mass is 9.89. The average molecular weight is 266 g/mol. The molecule has 1 N–H and O–H groups in total. The molecule has 0 amide bonds. The maximum Gasteiger partial charge on any atom is 0.0235 e. The van der Waals surface area contributed by atoms with Gasteiger partial charge in [-0.1, -0.05) is 33.6 Å². The Kier molecular flexibility index (Phi) is 6.15. The molecule has 2 nitrogen and oxygen atoms in total. The van der Waals surface area contributed by atoms with Gasteiger partial charge < -0.3 is 5.32 Å². The van der Waals surface area contributed by atoms with Gasteiger partial charge in [0.1, 0.15) is 0 Å². The zero-order valence-corrected chi connectivity index (χ0v) is 13.3. The fourth-order valence-corrected chi connectivity index (χ4v) is 4.15. The van der Waals surface area contributed by atoms with Crippen molar-refractivity contribution in [1.29, 1.82) is 0 Å². The van der Waals surface area contributed by atoms with Crippen molar-refractivity contribution in [3.63, 3.8) is 0 Å². The highest BCUT2D eigenvalue weighted by Gasteiger charge is 2.30. The van der Waals surface area contributed by atoms with Gasteiger partial charge in [-0.2, -0.15) is 0 Å². The zero-order valence-electron chi connectivity index (χ0n) is 13.3. The van der Waals surface area contributed by atoms with Crippen LogP contribution < -0.4 is 5.32 Å². The number of hydrogen-bond donors (Lipinski definition) is 1. The molecule has 1 heterocycles. The molecule has 0 aromatic carbocycles. The van der Waals surface area contributed by atoms with Gasteiger partial charge >= 0.3 is 0 Å². The summed E-state index contributed by atoms with van der Waals surface area (Å²) in [6, 6.07) is 1.69. The molecular formula is C17H34N2. The lowest BCUT2D eigenvalue weighted by molar-refractivity contribution is 0.128. The summed E-state index contributed by atoms with van der Waals surface area (Å²) in [4.78, 5) is 2.86. The maximum absolute atomic E-state index is 3.55. The van der Waals surface area contributed by atoms with Gasteiger partial charge in [0, 0.05) is 18.6 Å². The Morgan fingerprint density at radius 2 is 1.89 bits per heavy atom. The van der Waals surface area contributed by atoms with Crippen molar-refractivity contribution in [3.8, 4) is 0 Å². The highest BCUT2D eigenvalue weighted by atomic mass is 15.2. The highest BCUT2D eigenvalue weighted by molar-refractivity contribution is 4.87. The van der Waals surface area contributed by atoms with E-state index >= 15 is 0 Å². The van der Waals surface area contributed by atoms with E-state index in [4.69, 9.17) is 0 Å². The molecule has 2 rings (SSSR count). The molecule has 0 bridgehead atoms. The van der Waals surface area contributed by atoms with Crippen LogP contribution in [0.4, 0.5) is 0 Å². The van der Waals surface area contributed by atoms with E-state index in [1.165, 1.54) is 64.6 Å². The molecule has 3 atom stereocenters. The quantitative estimate of drug-likeness (QED) is 0.764. The number of nitrogens with one attached hydrogen (secondary N) is 1. The van der Waals surface area contributed by atoms with Crippen LogP contribution in [0.2, 0.25) is 0 Å². The topological polar surface area (TPSA) is 15.3 Å². The second kappa shape index (κ2) is 7.64. The molecule has 2 heteroatoms. The van der Waals surface area contributed by atoms with Gasteiger partial charge in [-0.15, -0.1) is 0 Å². The summed E-state index contributed by atoms with van der Waals surface area (Å²) in [6.07, 6.45) is 9.94. The van der Waals surface area contributed by atoms with Crippen molar-refractivity contribution in [2.24, 2.45) is 11.8 Å². The van der Waals surface area contributed by atoms with Crippen LogP contribution in [-0.4, -0.2) is 36.6 Å². The predicted molar refractivity (Wildman–Crippen MR) is 83.5 cm³/mol. The molecule has 112 valence electrons. The molecule has 2 fully saturated rings. The number of hydrogen-bond acceptors (Lipinski definition) is 2. The summed E-state index contributed by atoms with van der Waals surface area (Å²) in [5.74, 6) is 1.86. The first kappa shape index (κ1) is 15.3. The van der Waals surface area contributed by atoms with E-state index in [0.717, 1.165) is 23.9 Å². The molecule has 19 heavy (non-hydrogen) atoms. The van der Waals surface area contributed by atoms with Crippen molar-refractivity contribution in [3.05, 3.63) is 0 Å². The molecule has 0 aromatic heterocycles. The van der Waals surface area contributed by atoms with Crippen molar-refractivity contribution < 1.29 is 0 Å². The second-order valence-corrected chi connectivity index (χ2v) is 7.05. The summed E-state index contributed by atoms with van der Waals surface area (Å²) in [5, 5.41) is 3.55. The van der Waals surface area contributed by atoms with E-state index in [1.54, 1.807) is 0 Å². The molecule has 0 spiro atoms. The van der Waals surface area contributed by atoms with E-state index in [0.29, 0.717) is 0 Å². The van der Waals surface area contributed by atoms with Crippen molar-refractivity contribution in [1.82, 2.24) is 10.2 Å². The third-order valence-electron chi connectivity index (χ3n) is 5.38. The Bertz CT molecular complexity index is 246. The molecule has 0 aromatic rings. The molecule has 2 aliphatic rings. The minimum Gasteiger partial charge on any atom is -0.315 e. The smallest absolute Gasteiger partial charge is 0.0235 e. The van der Waals surface area contributed by atoms with E-state index in [2.05, 4.69) is 31.0 Å². The largest absolute Gasteiger partial charge is 0.315 e. The fourth-order valence-electron chi connectivity index (χ4n) is 4.15. The zero-order chi connectivity index (χ0) is 13.7.